The first-order valence-corrected chi connectivity index (χ1v) is 6.63. The number of carbonyl (C=O) groups is 2. The zero-order chi connectivity index (χ0) is 13.5. The summed E-state index contributed by atoms with van der Waals surface area (Å²) in [4.78, 5) is 24.7. The van der Waals surface area contributed by atoms with Gasteiger partial charge in [-0.2, -0.15) is 0 Å². The third-order valence-corrected chi connectivity index (χ3v) is 3.34. The Kier molecular flexibility index (Phi) is 6.07. The molecule has 1 aliphatic rings. The number of nitrogens with zero attached hydrogens (tertiary/aromatic N) is 1. The molecule has 1 aliphatic heterocycles. The molecule has 1 saturated heterocycles. The van der Waals surface area contributed by atoms with Crippen LogP contribution in [0.1, 0.15) is 33.1 Å². The Bertz CT molecular complexity index is 290. The van der Waals surface area contributed by atoms with Gasteiger partial charge in [-0.1, -0.05) is 6.92 Å². The number of urea groups is 1. The average Bonchev–Trinajstić information content (AvgIpc) is 2.35. The zero-order valence-corrected chi connectivity index (χ0v) is 11.2. The van der Waals surface area contributed by atoms with Gasteiger partial charge in [-0.05, 0) is 39.3 Å². The third kappa shape index (κ3) is 4.27. The van der Waals surface area contributed by atoms with Crippen LogP contribution in [0.5, 0.6) is 0 Å². The van der Waals surface area contributed by atoms with E-state index in [1.54, 1.807) is 0 Å². The molecule has 0 radical (unpaired) electrons. The molecule has 4 N–H and O–H groups in total. The molecule has 6 heteroatoms. The van der Waals surface area contributed by atoms with Crippen LogP contribution < -0.4 is 16.4 Å². The van der Waals surface area contributed by atoms with Crippen LogP contribution in [0.3, 0.4) is 0 Å². The van der Waals surface area contributed by atoms with Crippen LogP contribution in [0, 0.1) is 0 Å². The van der Waals surface area contributed by atoms with Gasteiger partial charge >= 0.3 is 6.03 Å². The number of rotatable bonds is 5. The highest BCUT2D eigenvalue weighted by Gasteiger charge is 2.28. The van der Waals surface area contributed by atoms with Crippen LogP contribution in [0.25, 0.3) is 0 Å². The Morgan fingerprint density at radius 3 is 2.78 bits per heavy atom. The third-order valence-electron chi connectivity index (χ3n) is 3.34. The first-order chi connectivity index (χ1) is 8.56. The van der Waals surface area contributed by atoms with E-state index < -0.39 is 6.03 Å². The van der Waals surface area contributed by atoms with Crippen molar-refractivity contribution < 1.29 is 9.59 Å². The minimum Gasteiger partial charge on any atom is -0.351 e. The van der Waals surface area contributed by atoms with Crippen molar-refractivity contribution in [2.45, 2.75) is 45.2 Å². The second kappa shape index (κ2) is 7.33. The van der Waals surface area contributed by atoms with Crippen molar-refractivity contribution in [2.24, 2.45) is 5.73 Å². The molecule has 1 heterocycles. The van der Waals surface area contributed by atoms with E-state index in [0.29, 0.717) is 6.04 Å². The van der Waals surface area contributed by atoms with Crippen LogP contribution in [0.2, 0.25) is 0 Å². The Hall–Kier alpha value is -1.14. The summed E-state index contributed by atoms with van der Waals surface area (Å²) in [5.74, 6) is -0.318. The first-order valence-electron chi connectivity index (χ1n) is 6.63. The van der Waals surface area contributed by atoms with Gasteiger partial charge in [0, 0.05) is 12.6 Å². The SMILES string of the molecule is CCCN(C1CCCNC1)C(C)C(=O)NC(N)=O. The Balaban J connectivity index is 2.63. The second-order valence-electron chi connectivity index (χ2n) is 4.77. The summed E-state index contributed by atoms with van der Waals surface area (Å²) >= 11 is 0. The first kappa shape index (κ1) is 14.9. The molecule has 2 unspecified atom stereocenters. The number of hydrogen-bond donors (Lipinski definition) is 3. The van der Waals surface area contributed by atoms with Crippen molar-refractivity contribution in [1.29, 1.82) is 0 Å². The fraction of sp³-hybridized carbons (Fsp3) is 0.833. The number of piperidine rings is 1. The number of amides is 3. The standard InChI is InChI=1S/C12H24N4O2/c1-3-7-16(10-5-4-6-14-8-10)9(2)11(17)15-12(13)18/h9-10,14H,3-8H2,1-2H3,(H3,13,15,17,18). The molecular weight excluding hydrogens is 232 g/mol. The lowest BCUT2D eigenvalue weighted by Crippen LogP contribution is -2.55. The van der Waals surface area contributed by atoms with E-state index >= 15 is 0 Å². The highest BCUT2D eigenvalue weighted by atomic mass is 16.2. The fourth-order valence-electron chi connectivity index (χ4n) is 2.44. The molecule has 0 aliphatic carbocycles. The van der Waals surface area contributed by atoms with E-state index in [9.17, 15) is 9.59 Å². The number of nitrogens with one attached hydrogen (secondary N) is 2. The summed E-state index contributed by atoms with van der Waals surface area (Å²) in [5.41, 5.74) is 4.98. The van der Waals surface area contributed by atoms with Crippen LogP contribution in [-0.2, 0) is 4.79 Å². The zero-order valence-electron chi connectivity index (χ0n) is 11.2. The van der Waals surface area contributed by atoms with Gasteiger partial charge in [0.2, 0.25) is 5.91 Å². The quantitative estimate of drug-likeness (QED) is 0.648. The lowest BCUT2D eigenvalue weighted by Gasteiger charge is -2.37. The maximum atomic E-state index is 11.8. The number of primary amides is 1. The Labute approximate surface area is 108 Å². The molecule has 0 saturated carbocycles. The average molecular weight is 256 g/mol. The topological polar surface area (TPSA) is 87.5 Å². The monoisotopic (exact) mass is 256 g/mol. The van der Waals surface area contributed by atoms with Gasteiger partial charge in [-0.15, -0.1) is 0 Å². The van der Waals surface area contributed by atoms with Gasteiger partial charge in [-0.25, -0.2) is 4.79 Å². The largest absolute Gasteiger partial charge is 0.351 e. The molecule has 104 valence electrons. The molecule has 0 spiro atoms. The Morgan fingerprint density at radius 2 is 2.28 bits per heavy atom. The lowest BCUT2D eigenvalue weighted by atomic mass is 10.0. The number of nitrogens with two attached hydrogens (primary N) is 1. The number of carbonyl (C=O) groups excluding carboxylic acids is 2. The molecule has 3 amide bonds. The van der Waals surface area contributed by atoms with Gasteiger partial charge < -0.3 is 11.1 Å². The molecule has 6 nitrogen and oxygen atoms in total. The summed E-state index contributed by atoms with van der Waals surface area (Å²) in [5, 5.41) is 5.50. The van der Waals surface area contributed by atoms with Crippen molar-refractivity contribution in [1.82, 2.24) is 15.5 Å². The summed E-state index contributed by atoms with van der Waals surface area (Å²) in [6.07, 6.45) is 3.18. The van der Waals surface area contributed by atoms with Crippen LogP contribution in [0.15, 0.2) is 0 Å². The van der Waals surface area contributed by atoms with Crippen molar-refractivity contribution in [3.63, 3.8) is 0 Å². The second-order valence-corrected chi connectivity index (χ2v) is 4.77. The maximum Gasteiger partial charge on any atom is 0.318 e. The minimum absolute atomic E-state index is 0.318. The number of imide groups is 1. The van der Waals surface area contributed by atoms with Gasteiger partial charge in [0.05, 0.1) is 6.04 Å². The highest BCUT2D eigenvalue weighted by molar-refractivity contribution is 5.96. The van der Waals surface area contributed by atoms with Crippen molar-refractivity contribution in [3.05, 3.63) is 0 Å². The predicted octanol–water partition coefficient (Wildman–Crippen LogP) is 0.0338. The summed E-state index contributed by atoms with van der Waals surface area (Å²) in [6, 6.07) is -0.764. The van der Waals surface area contributed by atoms with Crippen molar-refractivity contribution in [2.75, 3.05) is 19.6 Å². The fourth-order valence-corrected chi connectivity index (χ4v) is 2.44. The molecule has 0 aromatic heterocycles. The minimum atomic E-state index is -0.787. The smallest absolute Gasteiger partial charge is 0.318 e. The van der Waals surface area contributed by atoms with Gasteiger partial charge in [0.25, 0.3) is 0 Å². The van der Waals surface area contributed by atoms with Gasteiger partial charge in [0.15, 0.2) is 0 Å². The summed E-state index contributed by atoms with van der Waals surface area (Å²) in [7, 11) is 0. The molecular formula is C12H24N4O2. The van der Waals surface area contributed by atoms with Crippen LogP contribution in [0.4, 0.5) is 4.79 Å². The molecule has 0 bridgehead atoms. The lowest BCUT2D eigenvalue weighted by molar-refractivity contribution is -0.125. The normalized spacial score (nSPS) is 21.6. The molecule has 1 rings (SSSR count). The predicted molar refractivity (Wildman–Crippen MR) is 70.1 cm³/mol. The molecule has 18 heavy (non-hydrogen) atoms. The van der Waals surface area contributed by atoms with Crippen molar-refractivity contribution >= 4 is 11.9 Å². The summed E-state index contributed by atoms with van der Waals surface area (Å²) < 4.78 is 0. The molecule has 0 aromatic carbocycles. The van der Waals surface area contributed by atoms with Gasteiger partial charge in [0.1, 0.15) is 0 Å². The van der Waals surface area contributed by atoms with Crippen LogP contribution >= 0.6 is 0 Å². The van der Waals surface area contributed by atoms with E-state index in [1.165, 1.54) is 0 Å². The van der Waals surface area contributed by atoms with Crippen molar-refractivity contribution in [3.8, 4) is 0 Å². The van der Waals surface area contributed by atoms with E-state index in [-0.39, 0.29) is 11.9 Å². The van der Waals surface area contributed by atoms with E-state index in [4.69, 9.17) is 5.73 Å². The van der Waals surface area contributed by atoms with Gasteiger partial charge in [-0.3, -0.25) is 15.0 Å². The summed E-state index contributed by atoms with van der Waals surface area (Å²) in [6.45, 7) is 6.69. The maximum absolute atomic E-state index is 11.8. The molecule has 1 fully saturated rings. The van der Waals surface area contributed by atoms with E-state index in [1.807, 2.05) is 6.92 Å². The van der Waals surface area contributed by atoms with E-state index in [0.717, 1.165) is 38.9 Å². The highest BCUT2D eigenvalue weighted by Crippen LogP contribution is 2.14. The van der Waals surface area contributed by atoms with E-state index in [2.05, 4.69) is 22.5 Å². The number of hydrogen-bond acceptors (Lipinski definition) is 4. The van der Waals surface area contributed by atoms with Crippen LogP contribution in [-0.4, -0.2) is 48.6 Å². The Morgan fingerprint density at radius 1 is 1.56 bits per heavy atom. The molecule has 0 aromatic rings. The molecule has 2 atom stereocenters.